The number of likely N-dealkylation sites (tertiary alicyclic amines) is 1. The second-order valence-corrected chi connectivity index (χ2v) is 6.38. The SMILES string of the molecule is O=C(c1cccc(CN2CCCC2)c1)C1CCCCC1. The lowest BCUT2D eigenvalue weighted by molar-refractivity contribution is 0.0889. The second-order valence-electron chi connectivity index (χ2n) is 6.38. The maximum Gasteiger partial charge on any atom is 0.165 e. The van der Waals surface area contributed by atoms with Crippen molar-refractivity contribution in [3.63, 3.8) is 0 Å². The zero-order chi connectivity index (χ0) is 13.8. The van der Waals surface area contributed by atoms with E-state index in [0.717, 1.165) is 24.9 Å². The average molecular weight is 271 g/mol. The third-order valence-electron chi connectivity index (χ3n) is 4.79. The molecule has 20 heavy (non-hydrogen) atoms. The molecular weight excluding hydrogens is 246 g/mol. The van der Waals surface area contributed by atoms with E-state index < -0.39 is 0 Å². The monoisotopic (exact) mass is 271 g/mol. The van der Waals surface area contributed by atoms with E-state index in [1.54, 1.807) is 0 Å². The van der Waals surface area contributed by atoms with Gasteiger partial charge >= 0.3 is 0 Å². The molecule has 2 aliphatic rings. The Bertz CT molecular complexity index is 456. The largest absolute Gasteiger partial charge is 0.299 e. The Kier molecular flexibility index (Phi) is 4.51. The van der Waals surface area contributed by atoms with Crippen LogP contribution in [0.15, 0.2) is 24.3 Å². The molecule has 0 aromatic heterocycles. The van der Waals surface area contributed by atoms with Crippen LogP contribution >= 0.6 is 0 Å². The van der Waals surface area contributed by atoms with Gasteiger partial charge in [0.25, 0.3) is 0 Å². The minimum Gasteiger partial charge on any atom is -0.299 e. The molecule has 0 atom stereocenters. The lowest BCUT2D eigenvalue weighted by Gasteiger charge is -2.21. The highest BCUT2D eigenvalue weighted by atomic mass is 16.1. The summed E-state index contributed by atoms with van der Waals surface area (Å²) in [5.74, 6) is 0.666. The third kappa shape index (κ3) is 3.29. The number of benzene rings is 1. The van der Waals surface area contributed by atoms with Crippen LogP contribution in [0.4, 0.5) is 0 Å². The summed E-state index contributed by atoms with van der Waals surface area (Å²) < 4.78 is 0. The summed E-state index contributed by atoms with van der Waals surface area (Å²) in [7, 11) is 0. The Morgan fingerprint density at radius 1 is 1.05 bits per heavy atom. The lowest BCUT2D eigenvalue weighted by Crippen LogP contribution is -2.20. The summed E-state index contributed by atoms with van der Waals surface area (Å²) >= 11 is 0. The van der Waals surface area contributed by atoms with E-state index in [9.17, 15) is 4.79 Å². The van der Waals surface area contributed by atoms with Crippen molar-refractivity contribution in [1.29, 1.82) is 0 Å². The maximum absolute atomic E-state index is 12.6. The van der Waals surface area contributed by atoms with Crippen LogP contribution in [0.5, 0.6) is 0 Å². The Balaban J connectivity index is 1.67. The predicted molar refractivity (Wildman–Crippen MR) is 81.9 cm³/mol. The van der Waals surface area contributed by atoms with E-state index in [4.69, 9.17) is 0 Å². The number of rotatable bonds is 4. The van der Waals surface area contributed by atoms with Gasteiger partial charge in [-0.2, -0.15) is 0 Å². The van der Waals surface area contributed by atoms with E-state index >= 15 is 0 Å². The van der Waals surface area contributed by atoms with E-state index in [1.807, 2.05) is 6.07 Å². The first-order valence-corrected chi connectivity index (χ1v) is 8.18. The van der Waals surface area contributed by atoms with E-state index in [2.05, 4.69) is 23.1 Å². The molecular formula is C18H25NO. The lowest BCUT2D eigenvalue weighted by atomic mass is 9.83. The molecule has 0 N–H and O–H groups in total. The highest BCUT2D eigenvalue weighted by Crippen LogP contribution is 2.27. The van der Waals surface area contributed by atoms with E-state index in [-0.39, 0.29) is 5.92 Å². The van der Waals surface area contributed by atoms with Gasteiger partial charge in [-0.25, -0.2) is 0 Å². The van der Waals surface area contributed by atoms with Crippen molar-refractivity contribution < 1.29 is 4.79 Å². The van der Waals surface area contributed by atoms with Crippen molar-refractivity contribution in [2.45, 2.75) is 51.5 Å². The molecule has 0 spiro atoms. The van der Waals surface area contributed by atoms with Gasteiger partial charge < -0.3 is 0 Å². The molecule has 2 nitrogen and oxygen atoms in total. The molecule has 1 aromatic rings. The first-order chi connectivity index (χ1) is 9.83. The fourth-order valence-corrected chi connectivity index (χ4v) is 3.62. The molecule has 3 rings (SSSR count). The third-order valence-corrected chi connectivity index (χ3v) is 4.79. The number of carbonyl (C=O) groups excluding carboxylic acids is 1. The van der Waals surface area contributed by atoms with Crippen LogP contribution in [0.1, 0.15) is 60.9 Å². The van der Waals surface area contributed by atoms with Gasteiger partial charge in [-0.15, -0.1) is 0 Å². The quantitative estimate of drug-likeness (QED) is 0.770. The smallest absolute Gasteiger partial charge is 0.165 e. The van der Waals surface area contributed by atoms with E-state index in [1.165, 1.54) is 50.8 Å². The summed E-state index contributed by atoms with van der Waals surface area (Å²) in [6.45, 7) is 3.42. The van der Waals surface area contributed by atoms with Gasteiger partial charge in [-0.1, -0.05) is 37.5 Å². The Morgan fingerprint density at radius 2 is 1.80 bits per heavy atom. The van der Waals surface area contributed by atoms with Crippen LogP contribution in [-0.4, -0.2) is 23.8 Å². The molecule has 2 heteroatoms. The molecule has 0 bridgehead atoms. The van der Waals surface area contributed by atoms with Crippen molar-refractivity contribution in [3.8, 4) is 0 Å². The molecule has 1 aliphatic carbocycles. The number of Topliss-reactive ketones (excluding diaryl/α,β-unsaturated/α-hetero) is 1. The van der Waals surface area contributed by atoms with Gasteiger partial charge in [0, 0.05) is 18.0 Å². The van der Waals surface area contributed by atoms with Crippen LogP contribution in [-0.2, 0) is 6.54 Å². The highest BCUT2D eigenvalue weighted by Gasteiger charge is 2.22. The van der Waals surface area contributed by atoms with Crippen LogP contribution < -0.4 is 0 Å². The van der Waals surface area contributed by atoms with Gasteiger partial charge in [0.15, 0.2) is 5.78 Å². The highest BCUT2D eigenvalue weighted by molar-refractivity contribution is 5.98. The standard InChI is InChI=1S/C18H25NO/c20-18(16-8-2-1-3-9-16)17-10-6-7-15(13-17)14-19-11-4-5-12-19/h6-7,10,13,16H,1-5,8-9,11-12,14H2. The first-order valence-electron chi connectivity index (χ1n) is 8.18. The fraction of sp³-hybridized carbons (Fsp3) is 0.611. The van der Waals surface area contributed by atoms with Crippen molar-refractivity contribution in [3.05, 3.63) is 35.4 Å². The van der Waals surface area contributed by atoms with Gasteiger partial charge in [-0.3, -0.25) is 9.69 Å². The molecule has 0 unspecified atom stereocenters. The van der Waals surface area contributed by atoms with Crippen molar-refractivity contribution >= 4 is 5.78 Å². The van der Waals surface area contributed by atoms with Gasteiger partial charge in [0.05, 0.1) is 0 Å². The van der Waals surface area contributed by atoms with Gasteiger partial charge in [0.2, 0.25) is 0 Å². The maximum atomic E-state index is 12.6. The number of hydrogen-bond acceptors (Lipinski definition) is 2. The summed E-state index contributed by atoms with van der Waals surface area (Å²) in [6.07, 6.45) is 8.58. The van der Waals surface area contributed by atoms with Gasteiger partial charge in [0.1, 0.15) is 0 Å². The Morgan fingerprint density at radius 3 is 2.55 bits per heavy atom. The molecule has 1 heterocycles. The van der Waals surface area contributed by atoms with Crippen LogP contribution in [0, 0.1) is 5.92 Å². The zero-order valence-electron chi connectivity index (χ0n) is 12.3. The minimum atomic E-state index is 0.283. The molecule has 1 aliphatic heterocycles. The van der Waals surface area contributed by atoms with Crippen molar-refractivity contribution in [2.75, 3.05) is 13.1 Å². The molecule has 0 amide bonds. The summed E-state index contributed by atoms with van der Waals surface area (Å²) in [5, 5.41) is 0. The molecule has 1 saturated carbocycles. The van der Waals surface area contributed by atoms with E-state index in [0.29, 0.717) is 5.78 Å². The molecule has 1 aromatic carbocycles. The van der Waals surface area contributed by atoms with Crippen molar-refractivity contribution in [2.24, 2.45) is 5.92 Å². The average Bonchev–Trinajstić information content (AvgIpc) is 3.01. The summed E-state index contributed by atoms with van der Waals surface area (Å²) in [4.78, 5) is 15.1. The summed E-state index contributed by atoms with van der Waals surface area (Å²) in [5.41, 5.74) is 2.24. The minimum absolute atomic E-state index is 0.283. The van der Waals surface area contributed by atoms with Crippen LogP contribution in [0.3, 0.4) is 0 Å². The first kappa shape index (κ1) is 13.8. The number of hydrogen-bond donors (Lipinski definition) is 0. The second kappa shape index (κ2) is 6.53. The Labute approximate surface area is 122 Å². The van der Waals surface area contributed by atoms with Crippen LogP contribution in [0.25, 0.3) is 0 Å². The van der Waals surface area contributed by atoms with Crippen molar-refractivity contribution in [1.82, 2.24) is 4.90 Å². The zero-order valence-corrected chi connectivity index (χ0v) is 12.3. The normalized spacial score (nSPS) is 21.2. The molecule has 2 fully saturated rings. The number of nitrogens with zero attached hydrogens (tertiary/aromatic N) is 1. The number of ketones is 1. The number of carbonyl (C=O) groups is 1. The fourth-order valence-electron chi connectivity index (χ4n) is 3.62. The topological polar surface area (TPSA) is 20.3 Å². The molecule has 1 saturated heterocycles. The Hall–Kier alpha value is -1.15. The predicted octanol–water partition coefficient (Wildman–Crippen LogP) is 4.05. The van der Waals surface area contributed by atoms with Crippen LogP contribution in [0.2, 0.25) is 0 Å². The van der Waals surface area contributed by atoms with Gasteiger partial charge in [-0.05, 0) is 50.4 Å². The summed E-state index contributed by atoms with van der Waals surface area (Å²) in [6, 6.07) is 8.36. The molecule has 0 radical (unpaired) electrons. The molecule has 108 valence electrons.